The predicted molar refractivity (Wildman–Crippen MR) is 114 cm³/mol. The molecule has 2 aromatic rings. The van der Waals surface area contributed by atoms with Crippen LogP contribution in [0.4, 0.5) is 5.69 Å². The van der Waals surface area contributed by atoms with Gasteiger partial charge in [0.25, 0.3) is 0 Å². The van der Waals surface area contributed by atoms with Gasteiger partial charge in [0.05, 0.1) is 20.2 Å². The van der Waals surface area contributed by atoms with Crippen LogP contribution in [-0.2, 0) is 17.8 Å². The first kappa shape index (κ1) is 20.0. The Kier molecular flexibility index (Phi) is 7.26. The molecule has 7 heteroatoms. The lowest BCUT2D eigenvalue weighted by atomic mass is 10.2. The number of halogens is 1. The zero-order chi connectivity index (χ0) is 17.6. The summed E-state index contributed by atoms with van der Waals surface area (Å²) in [5.74, 6) is 0.996. The number of carbonyl (C=O) groups excluding carboxylic acids is 1. The van der Waals surface area contributed by atoms with Crippen molar-refractivity contribution in [2.45, 2.75) is 13.0 Å². The second kappa shape index (κ2) is 9.42. The number of para-hydroxylation sites is 2. The lowest BCUT2D eigenvalue weighted by molar-refractivity contribution is -0.117. The molecule has 0 saturated carbocycles. The lowest BCUT2D eigenvalue weighted by Gasteiger charge is -2.17. The van der Waals surface area contributed by atoms with E-state index in [1.807, 2.05) is 42.5 Å². The molecule has 1 aliphatic rings. The Labute approximate surface area is 170 Å². The van der Waals surface area contributed by atoms with Crippen LogP contribution in [0.1, 0.15) is 11.1 Å². The van der Waals surface area contributed by atoms with Crippen molar-refractivity contribution in [2.24, 2.45) is 10.7 Å². The van der Waals surface area contributed by atoms with Crippen LogP contribution in [0.2, 0.25) is 0 Å². The maximum Gasteiger partial charge on any atom is 0.246 e. The number of amides is 1. The van der Waals surface area contributed by atoms with Crippen molar-refractivity contribution in [3.8, 4) is 5.75 Å². The fourth-order valence-corrected chi connectivity index (χ4v) is 2.92. The summed E-state index contributed by atoms with van der Waals surface area (Å²) in [6.45, 7) is 1.22. The van der Waals surface area contributed by atoms with Crippen LogP contribution in [0.3, 0.4) is 0 Å². The average molecular weight is 466 g/mol. The number of nitrogens with two attached hydrogens (primary N) is 1. The molecule has 0 radical (unpaired) electrons. The highest BCUT2D eigenvalue weighted by Gasteiger charge is 2.23. The van der Waals surface area contributed by atoms with Crippen LogP contribution in [-0.4, -0.2) is 32.1 Å². The van der Waals surface area contributed by atoms with Crippen molar-refractivity contribution in [3.05, 3.63) is 59.7 Å². The molecule has 1 aliphatic heterocycles. The number of hydrogen-bond acceptors (Lipinski definition) is 3. The van der Waals surface area contributed by atoms with Crippen molar-refractivity contribution in [3.63, 3.8) is 0 Å². The van der Waals surface area contributed by atoms with Crippen LogP contribution in [0.15, 0.2) is 53.5 Å². The first-order valence-electron chi connectivity index (χ1n) is 8.23. The number of hydrogen-bond donors (Lipinski definition) is 2. The molecule has 0 spiro atoms. The van der Waals surface area contributed by atoms with E-state index in [4.69, 9.17) is 10.5 Å². The minimum Gasteiger partial charge on any atom is -0.496 e. The van der Waals surface area contributed by atoms with Gasteiger partial charge in [-0.2, -0.15) is 0 Å². The molecule has 138 valence electrons. The number of nitrogens with one attached hydrogen (secondary N) is 1. The van der Waals surface area contributed by atoms with E-state index < -0.39 is 0 Å². The van der Waals surface area contributed by atoms with Gasteiger partial charge in [0.1, 0.15) is 5.75 Å². The molecular weight excluding hydrogens is 443 g/mol. The van der Waals surface area contributed by atoms with Crippen LogP contribution < -0.4 is 20.7 Å². The molecule has 0 aliphatic carbocycles. The van der Waals surface area contributed by atoms with E-state index in [1.54, 1.807) is 12.0 Å². The van der Waals surface area contributed by atoms with Crippen molar-refractivity contribution in [2.75, 3.05) is 25.1 Å². The summed E-state index contributed by atoms with van der Waals surface area (Å²) in [7, 11) is 1.62. The van der Waals surface area contributed by atoms with Gasteiger partial charge in [-0.25, -0.2) is 4.99 Å². The van der Waals surface area contributed by atoms with Gasteiger partial charge in [0.15, 0.2) is 5.96 Å². The van der Waals surface area contributed by atoms with E-state index in [9.17, 15) is 4.79 Å². The number of nitrogens with zero attached hydrogens (tertiary/aromatic N) is 2. The van der Waals surface area contributed by atoms with Crippen LogP contribution in [0, 0.1) is 0 Å². The lowest BCUT2D eigenvalue weighted by Crippen LogP contribution is -2.42. The van der Waals surface area contributed by atoms with E-state index in [0.717, 1.165) is 23.4 Å². The minimum absolute atomic E-state index is 0. The molecule has 0 unspecified atom stereocenters. The van der Waals surface area contributed by atoms with Crippen molar-refractivity contribution in [1.82, 2.24) is 5.32 Å². The highest BCUT2D eigenvalue weighted by atomic mass is 127. The quantitative estimate of drug-likeness (QED) is 0.403. The molecule has 3 rings (SSSR count). The van der Waals surface area contributed by atoms with Gasteiger partial charge in [-0.05, 0) is 24.1 Å². The molecule has 0 saturated heterocycles. The summed E-state index contributed by atoms with van der Waals surface area (Å²) in [5, 5.41) is 2.89. The zero-order valence-corrected chi connectivity index (χ0v) is 17.0. The van der Waals surface area contributed by atoms with E-state index in [0.29, 0.717) is 13.1 Å². The first-order chi connectivity index (χ1) is 12.2. The van der Waals surface area contributed by atoms with Crippen LogP contribution in [0.25, 0.3) is 0 Å². The Balaban J connectivity index is 0.00000243. The molecule has 0 fully saturated rings. The fraction of sp³-hybridized carbons (Fsp3) is 0.263. The molecular formula is C19H23IN4O2. The summed E-state index contributed by atoms with van der Waals surface area (Å²) >= 11 is 0. The third-order valence-electron chi connectivity index (χ3n) is 4.22. The summed E-state index contributed by atoms with van der Waals surface area (Å²) in [6.07, 6.45) is 0.888. The van der Waals surface area contributed by atoms with Gasteiger partial charge in [0, 0.05) is 17.8 Å². The largest absolute Gasteiger partial charge is 0.496 e. The molecule has 0 aromatic heterocycles. The Morgan fingerprint density at radius 2 is 1.96 bits per heavy atom. The molecule has 3 N–H and O–H groups in total. The Morgan fingerprint density at radius 3 is 2.77 bits per heavy atom. The van der Waals surface area contributed by atoms with E-state index in [1.165, 1.54) is 5.56 Å². The molecule has 1 heterocycles. The second-order valence-corrected chi connectivity index (χ2v) is 5.79. The topological polar surface area (TPSA) is 80.0 Å². The summed E-state index contributed by atoms with van der Waals surface area (Å²) in [4.78, 5) is 18.5. The summed E-state index contributed by atoms with van der Waals surface area (Å²) < 4.78 is 5.29. The number of rotatable bonds is 5. The summed E-state index contributed by atoms with van der Waals surface area (Å²) in [5.41, 5.74) is 9.01. The monoisotopic (exact) mass is 466 g/mol. The van der Waals surface area contributed by atoms with Gasteiger partial charge in [-0.3, -0.25) is 4.79 Å². The highest BCUT2D eigenvalue weighted by molar-refractivity contribution is 14.0. The maximum atomic E-state index is 12.4. The normalized spacial score (nSPS) is 13.0. The molecule has 26 heavy (non-hydrogen) atoms. The average Bonchev–Trinajstić information content (AvgIpc) is 3.09. The van der Waals surface area contributed by atoms with Gasteiger partial charge in [-0.1, -0.05) is 36.4 Å². The fourth-order valence-electron chi connectivity index (χ4n) is 2.92. The smallest absolute Gasteiger partial charge is 0.246 e. The van der Waals surface area contributed by atoms with E-state index in [2.05, 4.69) is 16.4 Å². The number of aliphatic imine (C=N–C) groups is 1. The van der Waals surface area contributed by atoms with E-state index in [-0.39, 0.29) is 42.4 Å². The number of fused-ring (bicyclic) bond motifs is 1. The molecule has 6 nitrogen and oxygen atoms in total. The Morgan fingerprint density at radius 1 is 1.23 bits per heavy atom. The third-order valence-corrected chi connectivity index (χ3v) is 4.22. The van der Waals surface area contributed by atoms with Gasteiger partial charge >= 0.3 is 0 Å². The second-order valence-electron chi connectivity index (χ2n) is 5.79. The standard InChI is InChI=1S/C19H22N4O2.HI/c1-25-17-9-5-3-7-15(17)12-21-19(20)22-13-18(24)23-11-10-14-6-2-4-8-16(14)23;/h2-9H,10-13H2,1H3,(H3,20,21,22);1H. The molecule has 1 amide bonds. The van der Waals surface area contributed by atoms with Gasteiger partial charge < -0.3 is 20.7 Å². The minimum atomic E-state index is -0.0135. The SMILES string of the molecule is COc1ccccc1CN=C(N)NCC(=O)N1CCc2ccccc21.I. The Hall–Kier alpha value is -2.29. The third kappa shape index (κ3) is 4.66. The zero-order valence-electron chi connectivity index (χ0n) is 14.6. The number of anilines is 1. The maximum absolute atomic E-state index is 12.4. The summed E-state index contributed by atoms with van der Waals surface area (Å²) in [6, 6.07) is 15.6. The number of carbonyl (C=O) groups is 1. The number of ether oxygens (including phenoxy) is 1. The van der Waals surface area contributed by atoms with Gasteiger partial charge in [-0.15, -0.1) is 24.0 Å². The first-order valence-corrected chi connectivity index (χ1v) is 8.23. The van der Waals surface area contributed by atoms with Crippen molar-refractivity contribution in [1.29, 1.82) is 0 Å². The molecule has 0 atom stereocenters. The highest BCUT2D eigenvalue weighted by Crippen LogP contribution is 2.27. The number of guanidine groups is 1. The number of methoxy groups -OCH3 is 1. The number of benzene rings is 2. The van der Waals surface area contributed by atoms with Crippen LogP contribution in [0.5, 0.6) is 5.75 Å². The molecule has 2 aromatic carbocycles. The van der Waals surface area contributed by atoms with Gasteiger partial charge in [0.2, 0.25) is 5.91 Å². The predicted octanol–water partition coefficient (Wildman–Crippen LogP) is 2.31. The van der Waals surface area contributed by atoms with Crippen molar-refractivity contribution >= 4 is 41.5 Å². The Bertz CT molecular complexity index is 795. The van der Waals surface area contributed by atoms with E-state index >= 15 is 0 Å². The van der Waals surface area contributed by atoms with Crippen molar-refractivity contribution < 1.29 is 9.53 Å². The molecule has 0 bridgehead atoms. The van der Waals surface area contributed by atoms with Crippen LogP contribution >= 0.6 is 24.0 Å².